The van der Waals surface area contributed by atoms with E-state index >= 15 is 0 Å². The third-order valence-electron chi connectivity index (χ3n) is 5.15. The lowest BCUT2D eigenvalue weighted by atomic mass is 10.0. The molecule has 3 amide bonds. The Morgan fingerprint density at radius 2 is 1.69 bits per heavy atom. The summed E-state index contributed by atoms with van der Waals surface area (Å²) in [6.07, 6.45) is 1.60. The number of nitrogens with one attached hydrogen (secondary N) is 1. The van der Waals surface area contributed by atoms with Crippen molar-refractivity contribution in [2.45, 2.75) is 6.42 Å². The van der Waals surface area contributed by atoms with Crippen molar-refractivity contribution < 1.29 is 24.4 Å². The summed E-state index contributed by atoms with van der Waals surface area (Å²) in [5.41, 5.74) is 1.50. The Hall–Kier alpha value is -4.44. The highest BCUT2D eigenvalue weighted by Crippen LogP contribution is 2.37. The van der Waals surface area contributed by atoms with Gasteiger partial charge in [-0.3, -0.25) is 29.4 Å². The lowest BCUT2D eigenvalue weighted by Gasteiger charge is -2.12. The molecular weight excluding hydrogens is 470 g/mol. The van der Waals surface area contributed by atoms with Crippen LogP contribution in [0.2, 0.25) is 0 Å². The van der Waals surface area contributed by atoms with E-state index in [1.807, 2.05) is 30.3 Å². The number of phenolic OH excluding ortho intramolecular Hbond substituents is 1. The molecule has 0 atom stereocenters. The molecule has 0 aliphatic carbocycles. The molecule has 0 aromatic heterocycles. The molecule has 1 aliphatic heterocycles. The predicted molar refractivity (Wildman–Crippen MR) is 132 cm³/mol. The van der Waals surface area contributed by atoms with E-state index in [0.29, 0.717) is 29.4 Å². The molecule has 0 bridgehead atoms. The van der Waals surface area contributed by atoms with E-state index in [0.717, 1.165) is 10.5 Å². The quantitative estimate of drug-likeness (QED) is 0.282. The maximum absolute atomic E-state index is 12.8. The first-order chi connectivity index (χ1) is 16.8. The minimum Gasteiger partial charge on any atom is -0.502 e. The van der Waals surface area contributed by atoms with Crippen LogP contribution in [0.4, 0.5) is 16.2 Å². The first-order valence-electron chi connectivity index (χ1n) is 10.5. The van der Waals surface area contributed by atoms with Crippen molar-refractivity contribution in [3.8, 4) is 5.75 Å². The third-order valence-corrected chi connectivity index (χ3v) is 6.05. The summed E-state index contributed by atoms with van der Waals surface area (Å²) in [4.78, 5) is 49.1. The zero-order chi connectivity index (χ0) is 24.9. The Bertz CT molecular complexity index is 1340. The smallest absolute Gasteiger partial charge is 0.311 e. The van der Waals surface area contributed by atoms with E-state index in [4.69, 9.17) is 0 Å². The molecule has 9 nitrogen and oxygen atoms in total. The Kier molecular flexibility index (Phi) is 6.93. The molecule has 1 fully saturated rings. The van der Waals surface area contributed by atoms with Gasteiger partial charge in [-0.1, -0.05) is 48.5 Å². The average molecular weight is 490 g/mol. The number of nitrogens with zero attached hydrogens (tertiary/aromatic N) is 2. The molecule has 0 saturated carbocycles. The fourth-order valence-corrected chi connectivity index (χ4v) is 4.36. The van der Waals surface area contributed by atoms with Gasteiger partial charge in [0, 0.05) is 17.3 Å². The number of carbonyl (C=O) groups excluding carboxylic acids is 3. The number of hydrogen-bond acceptors (Lipinski definition) is 7. The highest BCUT2D eigenvalue weighted by molar-refractivity contribution is 8.18. The molecule has 35 heavy (non-hydrogen) atoms. The van der Waals surface area contributed by atoms with Crippen LogP contribution in [0.1, 0.15) is 16.7 Å². The van der Waals surface area contributed by atoms with Gasteiger partial charge in [0.05, 0.1) is 9.83 Å². The van der Waals surface area contributed by atoms with E-state index in [1.165, 1.54) is 18.2 Å². The van der Waals surface area contributed by atoms with Crippen molar-refractivity contribution in [1.29, 1.82) is 0 Å². The molecule has 3 aromatic rings. The summed E-state index contributed by atoms with van der Waals surface area (Å²) in [5.74, 6) is -1.89. The van der Waals surface area contributed by atoms with E-state index in [1.54, 1.807) is 30.3 Å². The van der Waals surface area contributed by atoms with Gasteiger partial charge in [-0.15, -0.1) is 0 Å². The average Bonchev–Trinajstić information content (AvgIpc) is 3.09. The summed E-state index contributed by atoms with van der Waals surface area (Å²) in [7, 11) is 0. The van der Waals surface area contributed by atoms with Crippen LogP contribution in [0.5, 0.6) is 5.75 Å². The predicted octanol–water partition coefficient (Wildman–Crippen LogP) is 4.57. The van der Waals surface area contributed by atoms with Gasteiger partial charge in [0.15, 0.2) is 0 Å². The largest absolute Gasteiger partial charge is 0.502 e. The Morgan fingerprint density at radius 1 is 1.03 bits per heavy atom. The van der Waals surface area contributed by atoms with Crippen LogP contribution in [0.3, 0.4) is 0 Å². The monoisotopic (exact) mass is 489 g/mol. The highest BCUT2D eigenvalue weighted by atomic mass is 32.2. The van der Waals surface area contributed by atoms with Gasteiger partial charge < -0.3 is 10.4 Å². The summed E-state index contributed by atoms with van der Waals surface area (Å²) >= 11 is 0.595. The summed E-state index contributed by atoms with van der Waals surface area (Å²) in [5, 5.41) is 23.9. The lowest BCUT2D eigenvalue weighted by Crippen LogP contribution is -2.36. The summed E-state index contributed by atoms with van der Waals surface area (Å²) in [6.45, 7) is -0.489. The third kappa shape index (κ3) is 5.56. The number of phenols is 1. The van der Waals surface area contributed by atoms with Crippen molar-refractivity contribution in [2.24, 2.45) is 0 Å². The number of amides is 3. The van der Waals surface area contributed by atoms with Gasteiger partial charge in [0.1, 0.15) is 6.54 Å². The minimum atomic E-state index is -0.723. The number of thioether (sulfide) groups is 1. The van der Waals surface area contributed by atoms with E-state index in [2.05, 4.69) is 5.32 Å². The van der Waals surface area contributed by atoms with Crippen LogP contribution >= 0.6 is 11.8 Å². The van der Waals surface area contributed by atoms with Crippen molar-refractivity contribution >= 4 is 46.3 Å². The molecule has 2 N–H and O–H groups in total. The molecule has 3 aromatic carbocycles. The number of anilines is 1. The molecule has 1 aliphatic rings. The molecule has 1 saturated heterocycles. The van der Waals surface area contributed by atoms with Gasteiger partial charge >= 0.3 is 5.69 Å². The Balaban J connectivity index is 1.58. The highest BCUT2D eigenvalue weighted by Gasteiger charge is 2.36. The SMILES string of the molecule is O=C(CN1C(=O)S/C(=C\c2cc(Cc3ccccc3)cc([N+](=O)[O-])c2O)C1=O)Nc1ccccc1. The molecule has 176 valence electrons. The van der Waals surface area contributed by atoms with Crippen LogP contribution in [0.15, 0.2) is 77.7 Å². The number of carbonyl (C=O) groups is 3. The first kappa shape index (κ1) is 23.7. The van der Waals surface area contributed by atoms with Gasteiger partial charge in [-0.2, -0.15) is 0 Å². The van der Waals surface area contributed by atoms with Crippen molar-refractivity contribution in [3.63, 3.8) is 0 Å². The van der Waals surface area contributed by atoms with Crippen molar-refractivity contribution in [2.75, 3.05) is 11.9 Å². The van der Waals surface area contributed by atoms with Crippen LogP contribution in [0.25, 0.3) is 6.08 Å². The molecule has 0 radical (unpaired) electrons. The number of aromatic hydroxyl groups is 1. The van der Waals surface area contributed by atoms with Crippen molar-refractivity contribution in [1.82, 2.24) is 4.90 Å². The molecular formula is C25H19N3O6S. The number of nitro benzene ring substituents is 1. The zero-order valence-corrected chi connectivity index (χ0v) is 19.0. The molecule has 1 heterocycles. The second kappa shape index (κ2) is 10.2. The van der Waals surface area contributed by atoms with Crippen LogP contribution in [-0.4, -0.2) is 38.5 Å². The summed E-state index contributed by atoms with van der Waals surface area (Å²) < 4.78 is 0. The Morgan fingerprint density at radius 3 is 2.34 bits per heavy atom. The van der Waals surface area contributed by atoms with E-state index < -0.39 is 40.0 Å². The van der Waals surface area contributed by atoms with Gasteiger partial charge in [-0.25, -0.2) is 0 Å². The number of imide groups is 1. The van der Waals surface area contributed by atoms with E-state index in [-0.39, 0.29) is 10.5 Å². The molecule has 4 rings (SSSR count). The number of rotatable bonds is 7. The molecule has 0 unspecified atom stereocenters. The fourth-order valence-electron chi connectivity index (χ4n) is 3.53. The molecule has 10 heteroatoms. The maximum atomic E-state index is 12.8. The van der Waals surface area contributed by atoms with Crippen LogP contribution in [0, 0.1) is 10.1 Å². The van der Waals surface area contributed by atoms with Crippen LogP contribution in [-0.2, 0) is 16.0 Å². The molecule has 0 spiro atoms. The fraction of sp³-hybridized carbons (Fsp3) is 0.0800. The number of benzene rings is 3. The Labute approximate surface area is 204 Å². The van der Waals surface area contributed by atoms with Gasteiger partial charge in [0.25, 0.3) is 11.1 Å². The lowest BCUT2D eigenvalue weighted by molar-refractivity contribution is -0.385. The topological polar surface area (TPSA) is 130 Å². The maximum Gasteiger partial charge on any atom is 0.311 e. The number of nitro groups is 1. The summed E-state index contributed by atoms with van der Waals surface area (Å²) in [6, 6.07) is 20.7. The normalized spacial score (nSPS) is 14.4. The number of hydrogen-bond donors (Lipinski definition) is 2. The second-order valence-electron chi connectivity index (χ2n) is 7.65. The first-order valence-corrected chi connectivity index (χ1v) is 11.3. The van der Waals surface area contributed by atoms with Gasteiger partial charge in [0.2, 0.25) is 11.7 Å². The van der Waals surface area contributed by atoms with E-state index in [9.17, 15) is 29.6 Å². The van der Waals surface area contributed by atoms with Crippen LogP contribution < -0.4 is 5.32 Å². The number of para-hydroxylation sites is 1. The van der Waals surface area contributed by atoms with Gasteiger partial charge in [-0.05, 0) is 53.6 Å². The minimum absolute atomic E-state index is 0.0318. The zero-order valence-electron chi connectivity index (χ0n) is 18.2. The standard InChI is InChI=1S/C25H19N3O6S/c29-22(26-19-9-5-2-6-10-19)15-27-24(31)21(35-25(27)32)14-18-12-17(11-16-7-3-1-4-8-16)13-20(23(18)30)28(33)34/h1-10,12-14,30H,11,15H2,(H,26,29)/b21-14-. The second-order valence-corrected chi connectivity index (χ2v) is 8.65. The van der Waals surface area contributed by atoms with Crippen molar-refractivity contribution in [3.05, 3.63) is 105 Å².